The van der Waals surface area contributed by atoms with Gasteiger partial charge in [0.1, 0.15) is 17.2 Å². The van der Waals surface area contributed by atoms with Crippen LogP contribution in [0.15, 0.2) is 23.2 Å². The molecule has 31 heavy (non-hydrogen) atoms. The molecule has 1 aliphatic heterocycles. The first-order valence-corrected chi connectivity index (χ1v) is 10.7. The average molecular weight is 548 g/mol. The first-order chi connectivity index (χ1) is 14.6. The van der Waals surface area contributed by atoms with Gasteiger partial charge in [0.15, 0.2) is 5.96 Å². The Balaban J connectivity index is 0.00000480. The number of guanidine groups is 1. The Morgan fingerprint density at radius 2 is 1.74 bits per heavy atom. The van der Waals surface area contributed by atoms with Crippen LogP contribution in [0, 0.1) is 5.92 Å². The van der Waals surface area contributed by atoms with Gasteiger partial charge in [0.05, 0.1) is 20.8 Å². The van der Waals surface area contributed by atoms with Gasteiger partial charge in [0.2, 0.25) is 5.91 Å². The summed E-state index contributed by atoms with van der Waals surface area (Å²) >= 11 is 0. The summed E-state index contributed by atoms with van der Waals surface area (Å²) in [6.45, 7) is 6.00. The maximum absolute atomic E-state index is 11.6. The highest BCUT2D eigenvalue weighted by Gasteiger charge is 2.22. The van der Waals surface area contributed by atoms with Crippen molar-refractivity contribution in [3.63, 3.8) is 0 Å². The molecular weight excluding hydrogens is 511 g/mol. The van der Waals surface area contributed by atoms with E-state index in [2.05, 4.69) is 22.5 Å². The number of aliphatic imine (C=N–C) groups is 1. The van der Waals surface area contributed by atoms with E-state index in [0.29, 0.717) is 37.0 Å². The van der Waals surface area contributed by atoms with Crippen LogP contribution in [0.2, 0.25) is 0 Å². The lowest BCUT2D eigenvalue weighted by atomic mass is 9.93. The van der Waals surface area contributed by atoms with Crippen molar-refractivity contribution in [1.29, 1.82) is 0 Å². The number of methoxy groups -OCH3 is 2. The fraction of sp³-hybridized carbons (Fsp3) is 0.636. The fourth-order valence-electron chi connectivity index (χ4n) is 3.44. The van der Waals surface area contributed by atoms with Crippen molar-refractivity contribution in [3.05, 3.63) is 18.2 Å². The molecule has 0 atom stereocenters. The number of hydrogen-bond donors (Lipinski definition) is 2. The largest absolute Gasteiger partial charge is 0.496 e. The standard InChI is InChI=1S/C22H36N4O4.HI/c1-5-24-22(26-10-7-17(8-11-26)13-21(27)23-2)25-9-6-12-30-20-15-18(28-3)14-19(16-20)29-4;/h14-17H,5-13H2,1-4H3,(H,23,27)(H,24,25);1H. The number of carbonyl (C=O) groups is 1. The molecule has 0 spiro atoms. The lowest BCUT2D eigenvalue weighted by Gasteiger charge is -2.34. The zero-order chi connectivity index (χ0) is 21.8. The summed E-state index contributed by atoms with van der Waals surface area (Å²) in [6, 6.07) is 5.51. The van der Waals surface area contributed by atoms with Gasteiger partial charge in [-0.25, -0.2) is 0 Å². The molecule has 1 saturated heterocycles. The van der Waals surface area contributed by atoms with E-state index in [9.17, 15) is 4.79 Å². The molecular formula is C22H37IN4O4. The molecule has 2 rings (SSSR count). The van der Waals surface area contributed by atoms with E-state index in [1.54, 1.807) is 21.3 Å². The summed E-state index contributed by atoms with van der Waals surface area (Å²) in [4.78, 5) is 18.6. The number of nitrogens with one attached hydrogen (secondary N) is 2. The molecule has 2 N–H and O–H groups in total. The minimum atomic E-state index is 0. The number of benzene rings is 1. The Hall–Kier alpha value is -1.91. The lowest BCUT2D eigenvalue weighted by Crippen LogP contribution is -2.46. The van der Waals surface area contributed by atoms with E-state index in [-0.39, 0.29) is 29.9 Å². The van der Waals surface area contributed by atoms with Crippen molar-refractivity contribution in [3.8, 4) is 17.2 Å². The van der Waals surface area contributed by atoms with Crippen LogP contribution in [-0.2, 0) is 4.79 Å². The monoisotopic (exact) mass is 548 g/mol. The number of halogens is 1. The smallest absolute Gasteiger partial charge is 0.220 e. The molecule has 1 fully saturated rings. The van der Waals surface area contributed by atoms with Gasteiger partial charge in [-0.15, -0.1) is 24.0 Å². The Bertz CT molecular complexity index is 672. The minimum absolute atomic E-state index is 0. The van der Waals surface area contributed by atoms with Gasteiger partial charge < -0.3 is 29.7 Å². The van der Waals surface area contributed by atoms with Gasteiger partial charge in [-0.05, 0) is 25.7 Å². The second-order valence-corrected chi connectivity index (χ2v) is 7.29. The van der Waals surface area contributed by atoms with Gasteiger partial charge in [-0.2, -0.15) is 0 Å². The van der Waals surface area contributed by atoms with Crippen LogP contribution in [0.1, 0.15) is 32.6 Å². The Kier molecular flexibility index (Phi) is 13.1. The second kappa shape index (κ2) is 15.0. The highest BCUT2D eigenvalue weighted by Crippen LogP contribution is 2.27. The second-order valence-electron chi connectivity index (χ2n) is 7.29. The Morgan fingerprint density at radius 3 is 2.29 bits per heavy atom. The number of hydrogen-bond acceptors (Lipinski definition) is 5. The highest BCUT2D eigenvalue weighted by atomic mass is 127. The normalized spacial score (nSPS) is 14.5. The third kappa shape index (κ3) is 9.40. The molecule has 1 aromatic carbocycles. The number of ether oxygens (including phenoxy) is 3. The van der Waals surface area contributed by atoms with Gasteiger partial charge in [0.25, 0.3) is 0 Å². The van der Waals surface area contributed by atoms with E-state index in [1.165, 1.54) is 0 Å². The topological polar surface area (TPSA) is 84.4 Å². The van der Waals surface area contributed by atoms with E-state index >= 15 is 0 Å². The van der Waals surface area contributed by atoms with Crippen molar-refractivity contribution in [2.45, 2.75) is 32.6 Å². The summed E-state index contributed by atoms with van der Waals surface area (Å²) in [7, 11) is 4.94. The van der Waals surface area contributed by atoms with E-state index in [4.69, 9.17) is 19.2 Å². The SMILES string of the molecule is CCNC(=NCCCOc1cc(OC)cc(OC)c1)N1CCC(CC(=O)NC)CC1.I. The zero-order valence-corrected chi connectivity index (χ0v) is 21.4. The summed E-state index contributed by atoms with van der Waals surface area (Å²) < 4.78 is 16.4. The number of nitrogens with zero attached hydrogens (tertiary/aromatic N) is 2. The molecule has 0 aliphatic carbocycles. The number of rotatable bonds is 10. The Morgan fingerprint density at radius 1 is 1.13 bits per heavy atom. The fourth-order valence-corrected chi connectivity index (χ4v) is 3.44. The molecule has 176 valence electrons. The molecule has 0 bridgehead atoms. The van der Waals surface area contributed by atoms with Gasteiger partial charge in [-0.1, -0.05) is 0 Å². The summed E-state index contributed by atoms with van der Waals surface area (Å²) in [5.41, 5.74) is 0. The zero-order valence-electron chi connectivity index (χ0n) is 19.1. The summed E-state index contributed by atoms with van der Waals surface area (Å²) in [5.74, 6) is 3.66. The van der Waals surface area contributed by atoms with Gasteiger partial charge in [0, 0.05) is 64.3 Å². The number of likely N-dealkylation sites (tertiary alicyclic amines) is 1. The maximum atomic E-state index is 11.6. The van der Waals surface area contributed by atoms with Crippen molar-refractivity contribution < 1.29 is 19.0 Å². The quantitative estimate of drug-likeness (QED) is 0.203. The third-order valence-corrected chi connectivity index (χ3v) is 5.16. The number of amides is 1. The molecule has 0 saturated carbocycles. The predicted octanol–water partition coefficient (Wildman–Crippen LogP) is 2.90. The molecule has 1 aliphatic rings. The van der Waals surface area contributed by atoms with Crippen molar-refractivity contribution >= 4 is 35.8 Å². The first kappa shape index (κ1) is 27.1. The van der Waals surface area contributed by atoms with Crippen LogP contribution in [0.5, 0.6) is 17.2 Å². The summed E-state index contributed by atoms with van der Waals surface area (Å²) in [5, 5.41) is 6.10. The van der Waals surface area contributed by atoms with E-state index < -0.39 is 0 Å². The third-order valence-electron chi connectivity index (χ3n) is 5.16. The van der Waals surface area contributed by atoms with Gasteiger partial charge >= 0.3 is 0 Å². The van der Waals surface area contributed by atoms with Crippen LogP contribution in [0.3, 0.4) is 0 Å². The molecule has 9 heteroatoms. The van der Waals surface area contributed by atoms with Crippen LogP contribution in [0.4, 0.5) is 0 Å². The Labute approximate surface area is 203 Å². The van der Waals surface area contributed by atoms with Crippen LogP contribution >= 0.6 is 24.0 Å². The minimum Gasteiger partial charge on any atom is -0.496 e. The molecule has 0 unspecified atom stereocenters. The molecule has 1 heterocycles. The average Bonchev–Trinajstić information content (AvgIpc) is 2.78. The molecule has 1 amide bonds. The van der Waals surface area contributed by atoms with E-state index in [1.807, 2.05) is 18.2 Å². The van der Waals surface area contributed by atoms with E-state index in [0.717, 1.165) is 50.6 Å². The molecule has 0 aromatic heterocycles. The molecule has 1 aromatic rings. The van der Waals surface area contributed by atoms with Crippen LogP contribution in [-0.4, -0.2) is 70.8 Å². The maximum Gasteiger partial charge on any atom is 0.220 e. The van der Waals surface area contributed by atoms with Crippen molar-refractivity contribution in [1.82, 2.24) is 15.5 Å². The van der Waals surface area contributed by atoms with Crippen molar-refractivity contribution in [2.75, 3.05) is 54.1 Å². The highest BCUT2D eigenvalue weighted by molar-refractivity contribution is 14.0. The molecule has 8 nitrogen and oxygen atoms in total. The van der Waals surface area contributed by atoms with Crippen LogP contribution < -0.4 is 24.8 Å². The lowest BCUT2D eigenvalue weighted by molar-refractivity contribution is -0.121. The number of piperidine rings is 1. The van der Waals surface area contributed by atoms with Crippen molar-refractivity contribution in [2.24, 2.45) is 10.9 Å². The summed E-state index contributed by atoms with van der Waals surface area (Å²) in [6.07, 6.45) is 3.45. The first-order valence-electron chi connectivity index (χ1n) is 10.7. The number of carbonyl (C=O) groups excluding carboxylic acids is 1. The van der Waals surface area contributed by atoms with Gasteiger partial charge in [-0.3, -0.25) is 9.79 Å². The molecule has 0 radical (unpaired) electrons. The predicted molar refractivity (Wildman–Crippen MR) is 134 cm³/mol. The van der Waals surface area contributed by atoms with Crippen LogP contribution in [0.25, 0.3) is 0 Å².